The van der Waals surface area contributed by atoms with Gasteiger partial charge in [0, 0.05) is 18.1 Å². The van der Waals surface area contributed by atoms with E-state index in [9.17, 15) is 45.0 Å². The van der Waals surface area contributed by atoms with Crippen molar-refractivity contribution in [3.63, 3.8) is 0 Å². The van der Waals surface area contributed by atoms with Crippen molar-refractivity contribution in [1.82, 2.24) is 0 Å². The van der Waals surface area contributed by atoms with E-state index in [2.05, 4.69) is 0 Å². The van der Waals surface area contributed by atoms with E-state index in [1.807, 2.05) is 0 Å². The summed E-state index contributed by atoms with van der Waals surface area (Å²) in [5, 5.41) is 58.6. The molecule has 2 heterocycles. The van der Waals surface area contributed by atoms with Crippen molar-refractivity contribution >= 4 is 17.9 Å². The van der Waals surface area contributed by atoms with Gasteiger partial charge in [-0.3, -0.25) is 4.79 Å². The Morgan fingerprint density at radius 1 is 1.05 bits per heavy atom. The van der Waals surface area contributed by atoms with Gasteiger partial charge in [-0.25, -0.2) is 9.59 Å². The Morgan fingerprint density at radius 3 is 2.36 bits per heavy atom. The van der Waals surface area contributed by atoms with Crippen LogP contribution in [0.2, 0.25) is 0 Å². The summed E-state index contributed by atoms with van der Waals surface area (Å²) in [7, 11) is 1.08. The molecule has 14 heteroatoms. The number of aryl methyl sites for hydroxylation is 1. The topological polar surface area (TPSA) is 219 Å². The van der Waals surface area contributed by atoms with Crippen LogP contribution in [0.3, 0.4) is 0 Å². The first-order chi connectivity index (χ1) is 18.5. The van der Waals surface area contributed by atoms with E-state index in [4.69, 9.17) is 23.7 Å². The molecule has 3 rings (SSSR count). The first-order valence-electron chi connectivity index (χ1n) is 11.8. The second kappa shape index (κ2) is 13.5. The van der Waals surface area contributed by atoms with Gasteiger partial charge in [-0.2, -0.15) is 0 Å². The fraction of sp³-hybridized carbons (Fsp3) is 0.480. The number of carbonyl (C=O) groups excluding carboxylic acids is 2. The Morgan fingerprint density at radius 2 is 1.74 bits per heavy atom. The maximum Gasteiger partial charge on any atom is 0.337 e. The number of phenols is 1. The number of aliphatic hydroxyl groups is 4. The number of carboxylic acid groups (broad SMARTS) is 1. The number of phenolic OH excluding ortho intramolecular Hbond substituents is 1. The lowest BCUT2D eigenvalue weighted by Gasteiger charge is -2.41. The van der Waals surface area contributed by atoms with Crippen LogP contribution in [0.5, 0.6) is 5.75 Å². The highest BCUT2D eigenvalue weighted by Crippen LogP contribution is 2.34. The van der Waals surface area contributed by atoms with Gasteiger partial charge in [-0.15, -0.1) is 0 Å². The Kier molecular flexibility index (Phi) is 10.4. The molecule has 6 N–H and O–H groups in total. The number of aliphatic carboxylic acids is 1. The molecular weight excluding hydrogens is 524 g/mol. The van der Waals surface area contributed by atoms with Crippen molar-refractivity contribution < 1.29 is 68.7 Å². The number of esters is 2. The van der Waals surface area contributed by atoms with E-state index in [0.717, 1.165) is 18.9 Å². The van der Waals surface area contributed by atoms with Gasteiger partial charge < -0.3 is 54.3 Å². The zero-order valence-electron chi connectivity index (χ0n) is 20.8. The minimum atomic E-state index is -1.82. The van der Waals surface area contributed by atoms with Gasteiger partial charge in [0.15, 0.2) is 6.29 Å². The fourth-order valence-corrected chi connectivity index (χ4v) is 4.01. The normalized spacial score (nSPS) is 29.7. The molecule has 1 saturated heterocycles. The third-order valence-corrected chi connectivity index (χ3v) is 6.15. The molecule has 1 aromatic rings. The molecule has 7 unspecified atom stereocenters. The maximum atomic E-state index is 12.4. The van der Waals surface area contributed by atoms with Crippen LogP contribution in [-0.4, -0.2) is 106 Å². The van der Waals surface area contributed by atoms with Crippen LogP contribution in [0.15, 0.2) is 47.7 Å². The molecule has 2 aliphatic rings. The molecule has 7 atom stereocenters. The summed E-state index contributed by atoms with van der Waals surface area (Å²) in [6.07, 6.45) is -8.06. The average Bonchev–Trinajstić information content (AvgIpc) is 2.92. The number of aliphatic hydroxyl groups excluding tert-OH is 4. The van der Waals surface area contributed by atoms with E-state index < -0.39 is 74.0 Å². The van der Waals surface area contributed by atoms with Gasteiger partial charge in [0.05, 0.1) is 31.5 Å². The number of ether oxygens (including phenoxy) is 5. The number of rotatable bonds is 10. The van der Waals surface area contributed by atoms with Crippen molar-refractivity contribution in [1.29, 1.82) is 0 Å². The molecule has 0 saturated carbocycles. The quantitative estimate of drug-likeness (QED) is 0.147. The number of hydrogen-bond donors (Lipinski definition) is 6. The van der Waals surface area contributed by atoms with Gasteiger partial charge in [-0.1, -0.05) is 12.1 Å². The predicted octanol–water partition coefficient (Wildman–Crippen LogP) is -1.28. The van der Waals surface area contributed by atoms with E-state index in [-0.39, 0.29) is 29.7 Å². The summed E-state index contributed by atoms with van der Waals surface area (Å²) in [5.74, 6) is -4.18. The van der Waals surface area contributed by atoms with Gasteiger partial charge in [-0.05, 0) is 24.1 Å². The first kappa shape index (κ1) is 30.0. The molecule has 0 amide bonds. The Labute approximate surface area is 222 Å². The zero-order chi connectivity index (χ0) is 28.7. The van der Waals surface area contributed by atoms with Crippen LogP contribution in [0.25, 0.3) is 0 Å². The van der Waals surface area contributed by atoms with Crippen molar-refractivity contribution in [2.24, 2.45) is 5.92 Å². The van der Waals surface area contributed by atoms with Gasteiger partial charge in [0.2, 0.25) is 6.29 Å². The highest BCUT2D eigenvalue weighted by Gasteiger charge is 2.47. The van der Waals surface area contributed by atoms with Crippen LogP contribution in [0, 0.1) is 5.92 Å². The molecule has 39 heavy (non-hydrogen) atoms. The molecule has 214 valence electrons. The van der Waals surface area contributed by atoms with Crippen molar-refractivity contribution in [2.45, 2.75) is 49.8 Å². The molecule has 0 spiro atoms. The van der Waals surface area contributed by atoms with E-state index >= 15 is 0 Å². The number of aromatic hydroxyl groups is 1. The zero-order valence-corrected chi connectivity index (χ0v) is 20.8. The summed E-state index contributed by atoms with van der Waals surface area (Å²) in [4.78, 5) is 36.5. The molecule has 1 aromatic carbocycles. The van der Waals surface area contributed by atoms with E-state index in [0.29, 0.717) is 6.08 Å². The number of benzene rings is 1. The predicted molar refractivity (Wildman–Crippen MR) is 126 cm³/mol. The highest BCUT2D eigenvalue weighted by molar-refractivity contribution is 5.90. The molecule has 0 radical (unpaired) electrons. The highest BCUT2D eigenvalue weighted by atomic mass is 16.8. The van der Waals surface area contributed by atoms with Crippen LogP contribution in [0.4, 0.5) is 0 Å². The molecule has 0 bridgehead atoms. The lowest BCUT2D eigenvalue weighted by Crippen LogP contribution is -2.60. The van der Waals surface area contributed by atoms with Gasteiger partial charge in [0.1, 0.15) is 36.8 Å². The summed E-state index contributed by atoms with van der Waals surface area (Å²) in [5.41, 5.74) is 0.351. The van der Waals surface area contributed by atoms with Gasteiger partial charge >= 0.3 is 17.9 Å². The van der Waals surface area contributed by atoms with E-state index in [1.165, 1.54) is 12.1 Å². The monoisotopic (exact) mass is 554 g/mol. The second-order valence-corrected chi connectivity index (χ2v) is 8.75. The number of hydrogen-bond acceptors (Lipinski definition) is 13. The first-order valence-corrected chi connectivity index (χ1v) is 11.8. The minimum absolute atomic E-state index is 0.0615. The lowest BCUT2D eigenvalue weighted by atomic mass is 9.89. The van der Waals surface area contributed by atoms with Gasteiger partial charge in [0.25, 0.3) is 0 Å². The molecule has 0 aliphatic carbocycles. The Bertz CT molecular complexity index is 1080. The molecule has 0 aromatic heterocycles. The number of methoxy groups -OCH3 is 1. The number of carbonyl (C=O) groups is 3. The summed E-state index contributed by atoms with van der Waals surface area (Å²) in [6.45, 7) is -1.24. The Balaban J connectivity index is 1.79. The second-order valence-electron chi connectivity index (χ2n) is 8.75. The summed E-state index contributed by atoms with van der Waals surface area (Å²) in [6, 6.07) is 6.20. The third kappa shape index (κ3) is 7.53. The van der Waals surface area contributed by atoms with Crippen molar-refractivity contribution in [3.8, 4) is 5.75 Å². The third-order valence-electron chi connectivity index (χ3n) is 6.15. The minimum Gasteiger partial charge on any atom is -0.508 e. The van der Waals surface area contributed by atoms with E-state index in [1.54, 1.807) is 12.1 Å². The molecule has 2 aliphatic heterocycles. The smallest absolute Gasteiger partial charge is 0.337 e. The summed E-state index contributed by atoms with van der Waals surface area (Å²) >= 11 is 0. The van der Waals surface area contributed by atoms with Crippen LogP contribution >= 0.6 is 0 Å². The van der Waals surface area contributed by atoms with Crippen molar-refractivity contribution in [3.05, 3.63) is 53.3 Å². The standard InChI is InChI=1S/C25H30O14/c1-35-23(34)16-11-37-24(39-25-22(33)21(32)20(31)17(9-26)38-25)14(8-18(28)29)15(16)10-36-19(30)7-4-12-2-5-13(27)6-3-12/h2-3,5-6,8,11,15,17,20-22,24-27,31-33H,4,7,9-10H2,1H3,(H,28,29). The summed E-state index contributed by atoms with van der Waals surface area (Å²) < 4.78 is 26.3. The van der Waals surface area contributed by atoms with Crippen LogP contribution in [0.1, 0.15) is 12.0 Å². The maximum absolute atomic E-state index is 12.4. The lowest BCUT2D eigenvalue weighted by molar-refractivity contribution is -0.327. The Hall–Kier alpha value is -3.53. The largest absolute Gasteiger partial charge is 0.508 e. The molecular formula is C25H30O14. The number of carboxylic acids is 1. The molecule has 14 nitrogen and oxygen atoms in total. The molecule has 1 fully saturated rings. The fourth-order valence-electron chi connectivity index (χ4n) is 4.01. The van der Waals surface area contributed by atoms with Crippen LogP contribution < -0.4 is 0 Å². The van der Waals surface area contributed by atoms with Crippen LogP contribution in [-0.2, 0) is 44.5 Å². The van der Waals surface area contributed by atoms with Crippen molar-refractivity contribution in [2.75, 3.05) is 20.3 Å². The average molecular weight is 555 g/mol. The SMILES string of the molecule is COC(=O)C1=COC(OC2OC(CO)C(O)C(O)C2O)C(=CC(=O)O)C1COC(=O)CCc1ccc(O)cc1.